The van der Waals surface area contributed by atoms with Crippen LogP contribution in [0.25, 0.3) is 11.0 Å². The van der Waals surface area contributed by atoms with Crippen molar-refractivity contribution in [3.8, 4) is 17.2 Å². The first kappa shape index (κ1) is 24.4. The topological polar surface area (TPSA) is 78.2 Å². The average molecular weight is 504 g/mol. The van der Waals surface area contributed by atoms with Gasteiger partial charge in [-0.25, -0.2) is 4.39 Å². The van der Waals surface area contributed by atoms with Crippen molar-refractivity contribution in [2.75, 3.05) is 21.3 Å². The molecule has 0 aliphatic carbocycles. The van der Waals surface area contributed by atoms with Gasteiger partial charge in [0, 0.05) is 6.54 Å². The molecule has 0 N–H and O–H groups in total. The van der Waals surface area contributed by atoms with E-state index < -0.39 is 11.9 Å². The molecule has 2 heterocycles. The zero-order chi connectivity index (χ0) is 26.4. The first-order valence-corrected chi connectivity index (χ1v) is 11.7. The number of hydrogen-bond acceptors (Lipinski definition) is 6. The molecule has 5 rings (SSSR count). The number of fused-ring (bicyclic) bond motifs is 2. The van der Waals surface area contributed by atoms with Gasteiger partial charge in [0.25, 0.3) is 5.91 Å². The highest BCUT2D eigenvalue weighted by Crippen LogP contribution is 2.45. The van der Waals surface area contributed by atoms with Crippen LogP contribution in [0.2, 0.25) is 0 Å². The molecule has 1 unspecified atom stereocenters. The number of hydrogen-bond donors (Lipinski definition) is 0. The van der Waals surface area contributed by atoms with Crippen LogP contribution in [0, 0.1) is 19.7 Å². The van der Waals surface area contributed by atoms with Crippen LogP contribution in [0.5, 0.6) is 17.2 Å². The smallest absolute Gasteiger partial charge is 0.291 e. The molecule has 1 aliphatic rings. The molecule has 1 aliphatic heterocycles. The van der Waals surface area contributed by atoms with E-state index in [2.05, 4.69) is 0 Å². The standard InChI is InChI=1S/C29H26FNO6/c1-15-10-16(2)23-20(11-15)37-28-24(26(23)32)25(18-12-21(34-3)27(36-5)22(13-18)35-4)31(29(28)33)14-17-6-8-19(30)9-7-17/h6-13,25H,14H2,1-5H3. The Labute approximate surface area is 213 Å². The number of carbonyl (C=O) groups excluding carboxylic acids is 1. The fourth-order valence-electron chi connectivity index (χ4n) is 5.07. The molecule has 0 bridgehead atoms. The van der Waals surface area contributed by atoms with Gasteiger partial charge in [0.15, 0.2) is 16.9 Å². The quantitative estimate of drug-likeness (QED) is 0.354. The molecule has 0 spiro atoms. The maximum Gasteiger partial charge on any atom is 0.291 e. The number of methoxy groups -OCH3 is 3. The normalized spacial score (nSPS) is 14.7. The summed E-state index contributed by atoms with van der Waals surface area (Å²) < 4.78 is 36.2. The number of halogens is 1. The largest absolute Gasteiger partial charge is 0.493 e. The summed E-state index contributed by atoms with van der Waals surface area (Å²) >= 11 is 0. The third-order valence-electron chi connectivity index (χ3n) is 6.68. The van der Waals surface area contributed by atoms with Crippen molar-refractivity contribution < 1.29 is 27.8 Å². The lowest BCUT2D eigenvalue weighted by atomic mass is 9.96. The highest BCUT2D eigenvalue weighted by Gasteiger charge is 2.43. The van der Waals surface area contributed by atoms with Crippen molar-refractivity contribution in [3.05, 3.63) is 98.1 Å². The number of nitrogens with zero attached hydrogens (tertiary/aromatic N) is 1. The van der Waals surface area contributed by atoms with E-state index in [1.54, 1.807) is 35.2 Å². The number of benzene rings is 3. The summed E-state index contributed by atoms with van der Waals surface area (Å²) in [5, 5.41) is 0.429. The van der Waals surface area contributed by atoms with E-state index in [9.17, 15) is 14.0 Å². The summed E-state index contributed by atoms with van der Waals surface area (Å²) in [6, 6.07) is 12.2. The van der Waals surface area contributed by atoms with Gasteiger partial charge < -0.3 is 23.5 Å². The molecular weight excluding hydrogens is 477 g/mol. The Kier molecular flexibility index (Phi) is 6.11. The van der Waals surface area contributed by atoms with Crippen LogP contribution < -0.4 is 19.6 Å². The predicted octanol–water partition coefficient (Wildman–Crippen LogP) is 5.32. The summed E-state index contributed by atoms with van der Waals surface area (Å²) in [4.78, 5) is 29.3. The first-order chi connectivity index (χ1) is 17.8. The number of amides is 1. The van der Waals surface area contributed by atoms with Crippen LogP contribution in [-0.4, -0.2) is 32.1 Å². The average Bonchev–Trinajstić information content (AvgIpc) is 3.15. The molecule has 1 aromatic heterocycles. The number of ether oxygens (including phenoxy) is 3. The van der Waals surface area contributed by atoms with Crippen LogP contribution in [0.1, 0.15) is 44.4 Å². The maximum absolute atomic E-state index is 14.0. The number of aryl methyl sites for hydroxylation is 2. The Balaban J connectivity index is 1.78. The van der Waals surface area contributed by atoms with Crippen LogP contribution in [0.3, 0.4) is 0 Å². The first-order valence-electron chi connectivity index (χ1n) is 11.7. The second-order valence-electron chi connectivity index (χ2n) is 9.05. The monoisotopic (exact) mass is 503 g/mol. The SMILES string of the molecule is COc1cc(C2c3c(oc4cc(C)cc(C)c4c3=O)C(=O)N2Cc2ccc(F)cc2)cc(OC)c1OC. The van der Waals surface area contributed by atoms with Gasteiger partial charge in [0.1, 0.15) is 11.4 Å². The highest BCUT2D eigenvalue weighted by atomic mass is 19.1. The molecule has 0 radical (unpaired) electrons. The van der Waals surface area contributed by atoms with E-state index in [0.29, 0.717) is 39.3 Å². The fraction of sp³-hybridized carbons (Fsp3) is 0.241. The van der Waals surface area contributed by atoms with Crippen molar-refractivity contribution in [2.45, 2.75) is 26.4 Å². The number of carbonyl (C=O) groups is 1. The zero-order valence-electron chi connectivity index (χ0n) is 21.2. The molecule has 0 fully saturated rings. The van der Waals surface area contributed by atoms with E-state index in [4.69, 9.17) is 18.6 Å². The van der Waals surface area contributed by atoms with E-state index >= 15 is 0 Å². The molecule has 0 saturated carbocycles. The Morgan fingerprint density at radius 1 is 0.919 bits per heavy atom. The van der Waals surface area contributed by atoms with Crippen LogP contribution >= 0.6 is 0 Å². The Hall–Kier alpha value is -4.33. The van der Waals surface area contributed by atoms with E-state index in [0.717, 1.165) is 11.1 Å². The summed E-state index contributed by atoms with van der Waals surface area (Å²) in [7, 11) is 4.50. The van der Waals surface area contributed by atoms with Crippen molar-refractivity contribution in [3.63, 3.8) is 0 Å². The second kappa shape index (κ2) is 9.28. The van der Waals surface area contributed by atoms with E-state index in [-0.39, 0.29) is 29.1 Å². The summed E-state index contributed by atoms with van der Waals surface area (Å²) in [6.45, 7) is 3.87. The lowest BCUT2D eigenvalue weighted by Gasteiger charge is -2.26. The predicted molar refractivity (Wildman–Crippen MR) is 136 cm³/mol. The fourth-order valence-corrected chi connectivity index (χ4v) is 5.07. The summed E-state index contributed by atoms with van der Waals surface area (Å²) in [6.07, 6.45) is 0. The summed E-state index contributed by atoms with van der Waals surface area (Å²) in [5.74, 6) is 0.336. The molecule has 4 aromatic rings. The van der Waals surface area contributed by atoms with Gasteiger partial charge >= 0.3 is 0 Å². The summed E-state index contributed by atoms with van der Waals surface area (Å²) in [5.41, 5.74) is 3.29. The minimum atomic E-state index is -0.803. The van der Waals surface area contributed by atoms with Gasteiger partial charge in [-0.2, -0.15) is 0 Å². The molecule has 1 amide bonds. The zero-order valence-corrected chi connectivity index (χ0v) is 21.2. The molecule has 1 atom stereocenters. The molecule has 0 saturated heterocycles. The molecular formula is C29H26FNO6. The van der Waals surface area contributed by atoms with Crippen LogP contribution in [0.4, 0.5) is 4.39 Å². The van der Waals surface area contributed by atoms with Crippen molar-refractivity contribution in [1.82, 2.24) is 4.90 Å². The Bertz CT molecular complexity index is 1570. The third-order valence-corrected chi connectivity index (χ3v) is 6.68. The molecule has 8 heteroatoms. The molecule has 190 valence electrons. The minimum absolute atomic E-state index is 0.0108. The molecule has 3 aromatic carbocycles. The maximum atomic E-state index is 14.0. The van der Waals surface area contributed by atoms with Gasteiger partial charge in [-0.05, 0) is 66.4 Å². The number of rotatable bonds is 6. The van der Waals surface area contributed by atoms with Crippen LogP contribution in [-0.2, 0) is 6.54 Å². The lowest BCUT2D eigenvalue weighted by molar-refractivity contribution is 0.0714. The van der Waals surface area contributed by atoms with Gasteiger partial charge in [-0.3, -0.25) is 9.59 Å². The van der Waals surface area contributed by atoms with Crippen molar-refractivity contribution in [2.24, 2.45) is 0 Å². The van der Waals surface area contributed by atoms with Gasteiger partial charge in [-0.1, -0.05) is 18.2 Å². The third kappa shape index (κ3) is 3.98. The Morgan fingerprint density at radius 3 is 2.16 bits per heavy atom. The lowest BCUT2D eigenvalue weighted by Crippen LogP contribution is -2.29. The minimum Gasteiger partial charge on any atom is -0.493 e. The van der Waals surface area contributed by atoms with E-state index in [1.165, 1.54) is 33.5 Å². The van der Waals surface area contributed by atoms with Gasteiger partial charge in [0.2, 0.25) is 11.5 Å². The van der Waals surface area contributed by atoms with Crippen molar-refractivity contribution >= 4 is 16.9 Å². The van der Waals surface area contributed by atoms with Crippen molar-refractivity contribution in [1.29, 1.82) is 0 Å². The highest BCUT2D eigenvalue weighted by molar-refractivity contribution is 5.99. The van der Waals surface area contributed by atoms with Crippen LogP contribution in [0.15, 0.2) is 57.7 Å². The molecule has 37 heavy (non-hydrogen) atoms. The van der Waals surface area contributed by atoms with E-state index in [1.807, 2.05) is 19.9 Å². The Morgan fingerprint density at radius 2 is 1.57 bits per heavy atom. The second-order valence-corrected chi connectivity index (χ2v) is 9.05. The van der Waals surface area contributed by atoms with Gasteiger partial charge in [-0.15, -0.1) is 0 Å². The molecule has 7 nitrogen and oxygen atoms in total. The van der Waals surface area contributed by atoms with Gasteiger partial charge in [0.05, 0.1) is 38.3 Å².